The van der Waals surface area contributed by atoms with Gasteiger partial charge in [0.2, 0.25) is 0 Å². The molecular formula is C7H13BO3. The van der Waals surface area contributed by atoms with Crippen molar-refractivity contribution < 1.29 is 14.8 Å². The van der Waals surface area contributed by atoms with E-state index in [1.165, 1.54) is 0 Å². The summed E-state index contributed by atoms with van der Waals surface area (Å²) in [5.41, 5.74) is 0.304. The van der Waals surface area contributed by atoms with Gasteiger partial charge in [-0.05, 0) is 25.7 Å². The molecular weight excluding hydrogens is 143 g/mol. The van der Waals surface area contributed by atoms with E-state index in [9.17, 15) is 0 Å². The van der Waals surface area contributed by atoms with Gasteiger partial charge in [0, 0.05) is 0 Å². The first-order valence-corrected chi connectivity index (χ1v) is 3.73. The summed E-state index contributed by atoms with van der Waals surface area (Å²) >= 11 is 0. The topological polar surface area (TPSA) is 49.7 Å². The molecule has 2 N–H and O–H groups in total. The summed E-state index contributed by atoms with van der Waals surface area (Å²) in [6.45, 7) is 4.36. The highest BCUT2D eigenvalue weighted by Crippen LogP contribution is 2.21. The van der Waals surface area contributed by atoms with Gasteiger partial charge in [0.1, 0.15) is 0 Å². The van der Waals surface area contributed by atoms with Crippen LogP contribution in [-0.2, 0) is 4.74 Å². The quantitative estimate of drug-likeness (QED) is 0.530. The Morgan fingerprint density at radius 3 is 2.55 bits per heavy atom. The highest BCUT2D eigenvalue weighted by atomic mass is 16.5. The fraction of sp³-hybridized carbons (Fsp3) is 0.714. The molecule has 0 aromatic carbocycles. The smallest absolute Gasteiger partial charge is 0.423 e. The lowest BCUT2D eigenvalue weighted by Crippen LogP contribution is -2.31. The Hall–Kier alpha value is -0.315. The van der Waals surface area contributed by atoms with Crippen LogP contribution in [0.3, 0.4) is 0 Å². The Balaban J connectivity index is 2.73. The second-order valence-corrected chi connectivity index (χ2v) is 3.29. The van der Waals surface area contributed by atoms with Gasteiger partial charge in [0.25, 0.3) is 0 Å². The first-order valence-electron chi connectivity index (χ1n) is 3.73. The minimum absolute atomic E-state index is 0.350. The molecule has 0 saturated heterocycles. The number of hydrogen-bond donors (Lipinski definition) is 2. The van der Waals surface area contributed by atoms with Gasteiger partial charge in [-0.3, -0.25) is 0 Å². The lowest BCUT2D eigenvalue weighted by Gasteiger charge is -2.27. The monoisotopic (exact) mass is 156 g/mol. The summed E-state index contributed by atoms with van der Waals surface area (Å²) in [5, 5.41) is 17.7. The molecule has 0 saturated carbocycles. The van der Waals surface area contributed by atoms with Gasteiger partial charge in [-0.25, -0.2) is 0 Å². The number of rotatable bonds is 1. The molecule has 0 atom stereocenters. The molecule has 1 aliphatic heterocycles. The number of hydrogen-bond acceptors (Lipinski definition) is 3. The van der Waals surface area contributed by atoms with E-state index >= 15 is 0 Å². The standard InChI is InChI=1S/C7H13BO3/c1-7(2)5-6(8(9)10)3-4-11-7/h5,9-10H,3-4H2,1-2H3. The van der Waals surface area contributed by atoms with Crippen LogP contribution in [0.4, 0.5) is 0 Å². The summed E-state index contributed by atoms with van der Waals surface area (Å²) in [6.07, 6.45) is 2.38. The van der Waals surface area contributed by atoms with Crippen molar-refractivity contribution in [1.29, 1.82) is 0 Å². The molecule has 0 aliphatic carbocycles. The van der Waals surface area contributed by atoms with Crippen molar-refractivity contribution in [2.45, 2.75) is 25.9 Å². The largest absolute Gasteiger partial charge is 0.484 e. The molecule has 1 heterocycles. The Morgan fingerprint density at radius 1 is 1.55 bits per heavy atom. The van der Waals surface area contributed by atoms with Crippen LogP contribution in [0.5, 0.6) is 0 Å². The van der Waals surface area contributed by atoms with E-state index < -0.39 is 7.12 Å². The van der Waals surface area contributed by atoms with Gasteiger partial charge in [-0.2, -0.15) is 0 Å². The minimum Gasteiger partial charge on any atom is -0.423 e. The fourth-order valence-corrected chi connectivity index (χ4v) is 1.20. The highest BCUT2D eigenvalue weighted by molar-refractivity contribution is 6.50. The van der Waals surface area contributed by atoms with E-state index in [0.29, 0.717) is 18.5 Å². The third-order valence-electron chi connectivity index (χ3n) is 1.73. The van der Waals surface area contributed by atoms with Crippen LogP contribution in [-0.4, -0.2) is 29.4 Å². The Morgan fingerprint density at radius 2 is 2.18 bits per heavy atom. The van der Waals surface area contributed by atoms with Crippen LogP contribution < -0.4 is 0 Å². The van der Waals surface area contributed by atoms with Gasteiger partial charge in [0.05, 0.1) is 12.2 Å². The Labute approximate surface area is 66.8 Å². The van der Waals surface area contributed by atoms with Gasteiger partial charge >= 0.3 is 7.12 Å². The van der Waals surface area contributed by atoms with Crippen LogP contribution in [0.1, 0.15) is 20.3 Å². The maximum atomic E-state index is 8.84. The molecule has 0 aromatic heterocycles. The van der Waals surface area contributed by atoms with E-state index in [1.807, 2.05) is 13.8 Å². The van der Waals surface area contributed by atoms with Crippen LogP contribution >= 0.6 is 0 Å². The fourth-order valence-electron chi connectivity index (χ4n) is 1.20. The predicted molar refractivity (Wildman–Crippen MR) is 42.9 cm³/mol. The van der Waals surface area contributed by atoms with Crippen molar-refractivity contribution >= 4 is 7.12 Å². The van der Waals surface area contributed by atoms with Crippen molar-refractivity contribution in [2.75, 3.05) is 6.61 Å². The van der Waals surface area contributed by atoms with Crippen molar-refractivity contribution in [1.82, 2.24) is 0 Å². The Bertz CT molecular complexity index is 175. The molecule has 4 heteroatoms. The van der Waals surface area contributed by atoms with E-state index in [0.717, 1.165) is 0 Å². The van der Waals surface area contributed by atoms with E-state index in [2.05, 4.69) is 0 Å². The van der Waals surface area contributed by atoms with Gasteiger partial charge in [0.15, 0.2) is 0 Å². The van der Waals surface area contributed by atoms with E-state index in [-0.39, 0.29) is 5.60 Å². The van der Waals surface area contributed by atoms with Crippen LogP contribution in [0.25, 0.3) is 0 Å². The van der Waals surface area contributed by atoms with Crippen LogP contribution in [0.2, 0.25) is 0 Å². The minimum atomic E-state index is -1.32. The molecule has 0 unspecified atom stereocenters. The maximum absolute atomic E-state index is 8.84. The second-order valence-electron chi connectivity index (χ2n) is 3.29. The van der Waals surface area contributed by atoms with E-state index in [1.54, 1.807) is 6.08 Å². The van der Waals surface area contributed by atoms with Crippen LogP contribution in [0.15, 0.2) is 11.5 Å². The molecule has 0 spiro atoms. The van der Waals surface area contributed by atoms with Crippen molar-refractivity contribution in [2.24, 2.45) is 0 Å². The maximum Gasteiger partial charge on any atom is 0.484 e. The first kappa shape index (κ1) is 8.78. The van der Waals surface area contributed by atoms with Crippen molar-refractivity contribution in [3.05, 3.63) is 11.5 Å². The summed E-state index contributed by atoms with van der Waals surface area (Å²) in [5.74, 6) is 0. The third kappa shape index (κ3) is 2.32. The van der Waals surface area contributed by atoms with Gasteiger partial charge in [-0.15, -0.1) is 0 Å². The zero-order chi connectivity index (χ0) is 8.48. The molecule has 0 aromatic rings. The highest BCUT2D eigenvalue weighted by Gasteiger charge is 2.25. The third-order valence-corrected chi connectivity index (χ3v) is 1.73. The molecule has 62 valence electrons. The summed E-state index contributed by atoms with van der Waals surface area (Å²) in [4.78, 5) is 0. The summed E-state index contributed by atoms with van der Waals surface area (Å²) in [6, 6.07) is 0. The lowest BCUT2D eigenvalue weighted by molar-refractivity contribution is 0.0121. The van der Waals surface area contributed by atoms with Crippen LogP contribution in [0, 0.1) is 0 Å². The van der Waals surface area contributed by atoms with Gasteiger partial charge < -0.3 is 14.8 Å². The van der Waals surface area contributed by atoms with Gasteiger partial charge in [-0.1, -0.05) is 6.08 Å². The van der Waals surface area contributed by atoms with Crippen molar-refractivity contribution in [3.63, 3.8) is 0 Å². The molecule has 1 rings (SSSR count). The molecule has 0 bridgehead atoms. The number of ether oxygens (including phenoxy) is 1. The average Bonchev–Trinajstić information content (AvgIpc) is 1.85. The second kappa shape index (κ2) is 2.97. The Kier molecular flexibility index (Phi) is 2.37. The first-order chi connectivity index (χ1) is 5.01. The molecule has 0 fully saturated rings. The summed E-state index contributed by atoms with van der Waals surface area (Å²) < 4.78 is 5.35. The molecule has 3 nitrogen and oxygen atoms in total. The SMILES string of the molecule is CC1(C)C=C(B(O)O)CCO1. The molecule has 0 radical (unpaired) electrons. The summed E-state index contributed by atoms with van der Waals surface area (Å²) in [7, 11) is -1.32. The normalized spacial score (nSPS) is 22.7. The zero-order valence-electron chi connectivity index (χ0n) is 6.87. The lowest BCUT2D eigenvalue weighted by atomic mass is 9.74. The average molecular weight is 156 g/mol. The molecule has 0 amide bonds. The zero-order valence-corrected chi connectivity index (χ0v) is 6.87. The van der Waals surface area contributed by atoms with Crippen molar-refractivity contribution in [3.8, 4) is 0 Å². The predicted octanol–water partition coefficient (Wildman–Crippen LogP) is 0.124. The van der Waals surface area contributed by atoms with E-state index in [4.69, 9.17) is 14.8 Å². The molecule has 1 aliphatic rings. The molecule has 11 heavy (non-hydrogen) atoms.